The summed E-state index contributed by atoms with van der Waals surface area (Å²) in [4.78, 5) is 17.4. The predicted molar refractivity (Wildman–Crippen MR) is 167 cm³/mol. The molecule has 0 saturated carbocycles. The van der Waals surface area contributed by atoms with Crippen molar-refractivity contribution in [3.05, 3.63) is 47.2 Å². The summed E-state index contributed by atoms with van der Waals surface area (Å²) in [5.41, 5.74) is 4.48. The standard InChI is InChI=1S/C34H43FN6O2/c1-2-22-5-3-6-23-15-27(42)16-30(31(22)23)39-14-10-28-29(20-39)37-33(38-32(28)40-18-24-7-8-25(19-40)36-24)43-21-34-11-4-13-41(34)26(17-35)9-12-34/h3,5-6,15-16,24-26,36,42H,2,4,7-14,17-21H2,1H3. The lowest BCUT2D eigenvalue weighted by Crippen LogP contribution is -2.52. The molecule has 8 rings (SSSR count). The van der Waals surface area contributed by atoms with Gasteiger partial charge >= 0.3 is 6.01 Å². The van der Waals surface area contributed by atoms with Gasteiger partial charge in [-0.15, -0.1) is 0 Å². The fraction of sp³-hybridized carbons (Fsp3) is 0.588. The first-order valence-electron chi connectivity index (χ1n) is 16.4. The molecule has 2 N–H and O–H groups in total. The van der Waals surface area contributed by atoms with Crippen LogP contribution in [0.25, 0.3) is 10.8 Å². The molecule has 4 saturated heterocycles. The normalized spacial score (nSPS) is 28.5. The van der Waals surface area contributed by atoms with E-state index >= 15 is 0 Å². The van der Waals surface area contributed by atoms with Gasteiger partial charge in [0.05, 0.1) is 17.8 Å². The minimum Gasteiger partial charge on any atom is -0.508 e. The van der Waals surface area contributed by atoms with Crippen molar-refractivity contribution in [1.29, 1.82) is 0 Å². The van der Waals surface area contributed by atoms with Crippen LogP contribution in [0.4, 0.5) is 15.9 Å². The molecule has 0 aliphatic carbocycles. The molecule has 4 fully saturated rings. The van der Waals surface area contributed by atoms with Gasteiger partial charge in [0.2, 0.25) is 0 Å². The molecule has 228 valence electrons. The lowest BCUT2D eigenvalue weighted by molar-refractivity contribution is 0.0769. The number of phenols is 1. The van der Waals surface area contributed by atoms with Crippen molar-refractivity contribution >= 4 is 22.3 Å². The lowest BCUT2D eigenvalue weighted by atomic mass is 9.95. The van der Waals surface area contributed by atoms with Crippen molar-refractivity contribution in [2.24, 2.45) is 0 Å². The maximum atomic E-state index is 13.8. The molecule has 2 aromatic carbocycles. The Kier molecular flexibility index (Phi) is 6.86. The topological polar surface area (TPSA) is 77.0 Å². The number of piperazine rings is 1. The van der Waals surface area contributed by atoms with Crippen molar-refractivity contribution in [2.75, 3.05) is 49.3 Å². The van der Waals surface area contributed by atoms with E-state index in [0.717, 1.165) is 87.3 Å². The molecule has 6 heterocycles. The molecule has 0 amide bonds. The van der Waals surface area contributed by atoms with Gasteiger partial charge in [0.25, 0.3) is 0 Å². The van der Waals surface area contributed by atoms with Crippen molar-refractivity contribution in [1.82, 2.24) is 20.2 Å². The van der Waals surface area contributed by atoms with Crippen molar-refractivity contribution in [3.8, 4) is 11.8 Å². The van der Waals surface area contributed by atoms with Gasteiger partial charge in [-0.25, -0.2) is 4.39 Å². The highest BCUT2D eigenvalue weighted by atomic mass is 19.1. The summed E-state index contributed by atoms with van der Waals surface area (Å²) in [6.45, 7) is 6.74. The van der Waals surface area contributed by atoms with E-state index in [1.54, 1.807) is 0 Å². The number of hydrogen-bond donors (Lipinski definition) is 2. The lowest BCUT2D eigenvalue weighted by Gasteiger charge is -2.38. The average molecular weight is 587 g/mol. The number of phenolic OH excluding ortho intramolecular Hbond substituents is 1. The summed E-state index contributed by atoms with van der Waals surface area (Å²) < 4.78 is 20.3. The summed E-state index contributed by atoms with van der Waals surface area (Å²) >= 11 is 0. The first kappa shape index (κ1) is 27.4. The van der Waals surface area contributed by atoms with Crippen LogP contribution in [0.15, 0.2) is 30.3 Å². The second-order valence-corrected chi connectivity index (χ2v) is 13.5. The number of anilines is 2. The third-order valence-corrected chi connectivity index (χ3v) is 11.0. The van der Waals surface area contributed by atoms with Crippen LogP contribution < -0.4 is 19.9 Å². The molecule has 0 spiro atoms. The Morgan fingerprint density at radius 3 is 2.74 bits per heavy atom. The number of alkyl halides is 1. The van der Waals surface area contributed by atoms with E-state index in [9.17, 15) is 9.50 Å². The number of aromatic hydroxyl groups is 1. The molecule has 1 aromatic heterocycles. The Morgan fingerprint density at radius 1 is 1.07 bits per heavy atom. The molecule has 2 bridgehead atoms. The third kappa shape index (κ3) is 4.70. The van der Waals surface area contributed by atoms with Crippen LogP contribution in [-0.2, 0) is 19.4 Å². The molecule has 9 heteroatoms. The summed E-state index contributed by atoms with van der Waals surface area (Å²) in [5.74, 6) is 1.32. The average Bonchev–Trinajstić information content (AvgIpc) is 3.70. The van der Waals surface area contributed by atoms with E-state index in [2.05, 4.69) is 45.1 Å². The highest BCUT2D eigenvalue weighted by molar-refractivity contribution is 5.98. The van der Waals surface area contributed by atoms with Gasteiger partial charge in [0, 0.05) is 60.5 Å². The maximum Gasteiger partial charge on any atom is 0.318 e. The first-order chi connectivity index (χ1) is 21.0. The van der Waals surface area contributed by atoms with Crippen LogP contribution in [0.2, 0.25) is 0 Å². The van der Waals surface area contributed by atoms with E-state index in [0.29, 0.717) is 31.2 Å². The van der Waals surface area contributed by atoms with Crippen LogP contribution >= 0.6 is 0 Å². The second-order valence-electron chi connectivity index (χ2n) is 13.5. The largest absolute Gasteiger partial charge is 0.508 e. The molecule has 5 aliphatic heterocycles. The number of aryl methyl sites for hydroxylation is 1. The minimum absolute atomic E-state index is 0.0149. The Hall–Kier alpha value is -3.17. The minimum atomic E-state index is -0.286. The molecule has 43 heavy (non-hydrogen) atoms. The number of fused-ring (bicyclic) bond motifs is 5. The number of aromatic nitrogens is 2. The number of nitrogens with zero attached hydrogens (tertiary/aromatic N) is 5. The van der Waals surface area contributed by atoms with Crippen LogP contribution in [-0.4, -0.2) is 83.1 Å². The number of hydrogen-bond acceptors (Lipinski definition) is 8. The number of rotatable bonds is 7. The highest BCUT2D eigenvalue weighted by Crippen LogP contribution is 2.43. The third-order valence-electron chi connectivity index (χ3n) is 11.0. The van der Waals surface area contributed by atoms with Crippen LogP contribution in [0.3, 0.4) is 0 Å². The predicted octanol–water partition coefficient (Wildman–Crippen LogP) is 4.75. The van der Waals surface area contributed by atoms with Gasteiger partial charge in [-0.05, 0) is 74.9 Å². The van der Waals surface area contributed by atoms with E-state index in [1.165, 1.54) is 29.4 Å². The molecule has 4 unspecified atom stereocenters. The first-order valence-corrected chi connectivity index (χ1v) is 16.4. The Morgan fingerprint density at radius 2 is 1.93 bits per heavy atom. The quantitative estimate of drug-likeness (QED) is 0.411. The van der Waals surface area contributed by atoms with E-state index < -0.39 is 0 Å². The number of ether oxygens (including phenoxy) is 1. The molecular weight excluding hydrogens is 543 g/mol. The van der Waals surface area contributed by atoms with Gasteiger partial charge in [0.15, 0.2) is 0 Å². The molecule has 8 nitrogen and oxygen atoms in total. The number of nitrogens with one attached hydrogen (secondary N) is 1. The van der Waals surface area contributed by atoms with E-state index in [4.69, 9.17) is 14.7 Å². The smallest absolute Gasteiger partial charge is 0.318 e. The van der Waals surface area contributed by atoms with Crippen LogP contribution in [0.5, 0.6) is 11.8 Å². The van der Waals surface area contributed by atoms with Gasteiger partial charge < -0.3 is 25.0 Å². The summed E-state index contributed by atoms with van der Waals surface area (Å²) in [6.07, 6.45) is 8.19. The molecular formula is C34H43FN6O2. The monoisotopic (exact) mass is 586 g/mol. The fourth-order valence-electron chi connectivity index (χ4n) is 8.88. The molecule has 4 atom stereocenters. The maximum absolute atomic E-state index is 13.8. The number of benzene rings is 2. The summed E-state index contributed by atoms with van der Waals surface area (Å²) in [5, 5.41) is 16.7. The molecule has 3 aromatic rings. The zero-order valence-electron chi connectivity index (χ0n) is 25.2. The molecule has 0 radical (unpaired) electrons. The van der Waals surface area contributed by atoms with Gasteiger partial charge in [-0.3, -0.25) is 4.90 Å². The number of halogens is 1. The fourth-order valence-corrected chi connectivity index (χ4v) is 8.88. The summed E-state index contributed by atoms with van der Waals surface area (Å²) in [7, 11) is 0. The van der Waals surface area contributed by atoms with E-state index in [1.807, 2.05) is 12.1 Å². The van der Waals surface area contributed by atoms with Gasteiger partial charge in [-0.2, -0.15) is 9.97 Å². The Bertz CT molecular complexity index is 1520. The summed E-state index contributed by atoms with van der Waals surface area (Å²) in [6, 6.07) is 11.6. The van der Waals surface area contributed by atoms with Crippen LogP contribution in [0.1, 0.15) is 62.3 Å². The Balaban J connectivity index is 1.15. The molecule has 5 aliphatic rings. The zero-order valence-corrected chi connectivity index (χ0v) is 25.2. The highest BCUT2D eigenvalue weighted by Gasteiger charge is 2.50. The van der Waals surface area contributed by atoms with Gasteiger partial charge in [0.1, 0.15) is 24.8 Å². The van der Waals surface area contributed by atoms with Crippen molar-refractivity contribution < 1.29 is 14.2 Å². The van der Waals surface area contributed by atoms with Crippen LogP contribution in [0, 0.1) is 0 Å². The second kappa shape index (κ2) is 10.8. The van der Waals surface area contributed by atoms with E-state index in [-0.39, 0.29) is 24.0 Å². The van der Waals surface area contributed by atoms with Crippen molar-refractivity contribution in [3.63, 3.8) is 0 Å². The van der Waals surface area contributed by atoms with Gasteiger partial charge in [-0.1, -0.05) is 25.1 Å². The van der Waals surface area contributed by atoms with Crippen molar-refractivity contribution in [2.45, 2.75) is 88.5 Å². The zero-order chi connectivity index (χ0) is 29.1. The SMILES string of the molecule is CCc1cccc2cc(O)cc(N3CCc4c(nc(OCC56CCCN5C(CF)CC6)nc4N4CC5CCC(C4)N5)C3)c12. The Labute approximate surface area is 253 Å².